The number of nitrogens with one attached hydrogen (secondary N) is 1. The van der Waals surface area contributed by atoms with E-state index in [9.17, 15) is 14.4 Å². The second kappa shape index (κ2) is 10.5. The summed E-state index contributed by atoms with van der Waals surface area (Å²) in [7, 11) is 0. The summed E-state index contributed by atoms with van der Waals surface area (Å²) in [5.41, 5.74) is 6.23. The van der Waals surface area contributed by atoms with Gasteiger partial charge in [0, 0.05) is 30.3 Å². The van der Waals surface area contributed by atoms with Gasteiger partial charge in [0.15, 0.2) is 0 Å². The van der Waals surface area contributed by atoms with Gasteiger partial charge in [-0.2, -0.15) is 0 Å². The number of hydrogen-bond acceptors (Lipinski definition) is 4. The Hall–Kier alpha value is -3.35. The predicted molar refractivity (Wildman–Crippen MR) is 125 cm³/mol. The molecule has 3 N–H and O–H groups in total. The second-order valence-electron chi connectivity index (χ2n) is 8.95. The van der Waals surface area contributed by atoms with Crippen LogP contribution in [0.2, 0.25) is 0 Å². The normalized spacial score (nSPS) is 19.0. The number of benzene rings is 2. The lowest BCUT2D eigenvalue weighted by atomic mass is 9.93. The van der Waals surface area contributed by atoms with E-state index in [2.05, 4.69) is 5.32 Å². The van der Waals surface area contributed by atoms with Gasteiger partial charge in [-0.25, -0.2) is 0 Å². The fourth-order valence-corrected chi connectivity index (χ4v) is 4.61. The first-order valence-corrected chi connectivity index (χ1v) is 11.8. The highest BCUT2D eigenvalue weighted by molar-refractivity contribution is 5.95. The van der Waals surface area contributed by atoms with E-state index in [1.165, 1.54) is 19.3 Å². The standard InChI is InChI=1S/C26H31N3O4/c27-24(30)18-8-12-22(13-9-18)33-23-14-10-19(11-15-23)26(32)29-16-4-5-20(17-29)25(31)28-21-6-2-1-3-7-21/h8-15,20-21H,1-7,16-17H2,(H2,27,30)(H,28,31). The van der Waals surface area contributed by atoms with Crippen LogP contribution in [0.15, 0.2) is 48.5 Å². The summed E-state index contributed by atoms with van der Waals surface area (Å²) in [6.07, 6.45) is 7.39. The number of carbonyl (C=O) groups excluding carboxylic acids is 3. The molecule has 1 unspecified atom stereocenters. The summed E-state index contributed by atoms with van der Waals surface area (Å²) in [4.78, 5) is 38.8. The lowest BCUT2D eigenvalue weighted by Crippen LogP contribution is -2.47. The number of primary amides is 1. The van der Waals surface area contributed by atoms with Crippen LogP contribution >= 0.6 is 0 Å². The maximum atomic E-state index is 13.0. The topological polar surface area (TPSA) is 102 Å². The third-order valence-corrected chi connectivity index (χ3v) is 6.51. The third kappa shape index (κ3) is 5.92. The van der Waals surface area contributed by atoms with Crippen molar-refractivity contribution in [3.05, 3.63) is 59.7 Å². The minimum atomic E-state index is -0.490. The van der Waals surface area contributed by atoms with Crippen molar-refractivity contribution >= 4 is 17.7 Å². The number of amides is 3. The molecule has 3 amide bonds. The van der Waals surface area contributed by atoms with Crippen molar-refractivity contribution in [3.63, 3.8) is 0 Å². The molecule has 2 aromatic carbocycles. The summed E-state index contributed by atoms with van der Waals surface area (Å²) in [5, 5.41) is 3.21. The van der Waals surface area contributed by atoms with Crippen LogP contribution in [0.3, 0.4) is 0 Å². The smallest absolute Gasteiger partial charge is 0.253 e. The molecular formula is C26H31N3O4. The maximum absolute atomic E-state index is 13.0. The van der Waals surface area contributed by atoms with Gasteiger partial charge in [0.1, 0.15) is 11.5 Å². The molecule has 0 radical (unpaired) electrons. The van der Waals surface area contributed by atoms with E-state index < -0.39 is 5.91 Å². The molecular weight excluding hydrogens is 418 g/mol. The Morgan fingerprint density at radius 3 is 2.03 bits per heavy atom. The maximum Gasteiger partial charge on any atom is 0.253 e. The van der Waals surface area contributed by atoms with E-state index in [1.54, 1.807) is 53.4 Å². The van der Waals surface area contributed by atoms with Crippen molar-refractivity contribution in [3.8, 4) is 11.5 Å². The molecule has 2 aromatic rings. The Morgan fingerprint density at radius 2 is 1.42 bits per heavy atom. The van der Waals surface area contributed by atoms with Gasteiger partial charge in [-0.05, 0) is 74.2 Å². The zero-order chi connectivity index (χ0) is 23.2. The molecule has 7 nitrogen and oxygen atoms in total. The van der Waals surface area contributed by atoms with E-state index in [1.807, 2.05) is 0 Å². The first-order valence-electron chi connectivity index (χ1n) is 11.8. The highest BCUT2D eigenvalue weighted by atomic mass is 16.5. The Balaban J connectivity index is 1.33. The molecule has 4 rings (SSSR count). The molecule has 1 saturated carbocycles. The van der Waals surface area contributed by atoms with Gasteiger partial charge < -0.3 is 20.7 Å². The van der Waals surface area contributed by atoms with Gasteiger partial charge in [-0.1, -0.05) is 19.3 Å². The summed E-state index contributed by atoms with van der Waals surface area (Å²) < 4.78 is 5.78. The number of piperidine rings is 1. The molecule has 1 atom stereocenters. The summed E-state index contributed by atoms with van der Waals surface area (Å²) in [5.74, 6) is 0.545. The van der Waals surface area contributed by atoms with E-state index in [0.717, 1.165) is 25.7 Å². The van der Waals surface area contributed by atoms with Crippen LogP contribution in [0.5, 0.6) is 11.5 Å². The van der Waals surface area contributed by atoms with Gasteiger partial charge in [0.25, 0.3) is 5.91 Å². The monoisotopic (exact) mass is 449 g/mol. The van der Waals surface area contributed by atoms with E-state index >= 15 is 0 Å². The van der Waals surface area contributed by atoms with Crippen molar-refractivity contribution < 1.29 is 19.1 Å². The second-order valence-corrected chi connectivity index (χ2v) is 8.95. The van der Waals surface area contributed by atoms with Crippen molar-refractivity contribution in [1.82, 2.24) is 10.2 Å². The van der Waals surface area contributed by atoms with Crippen molar-refractivity contribution in [2.45, 2.75) is 51.0 Å². The van der Waals surface area contributed by atoms with Gasteiger partial charge in [-0.3, -0.25) is 14.4 Å². The van der Waals surface area contributed by atoms with Crippen LogP contribution in [0.4, 0.5) is 0 Å². The van der Waals surface area contributed by atoms with Gasteiger partial charge >= 0.3 is 0 Å². The zero-order valence-electron chi connectivity index (χ0n) is 18.8. The van der Waals surface area contributed by atoms with Crippen molar-refractivity contribution in [1.29, 1.82) is 0 Å². The van der Waals surface area contributed by atoms with Gasteiger partial charge in [0.2, 0.25) is 11.8 Å². The molecule has 2 fully saturated rings. The molecule has 1 saturated heterocycles. The predicted octanol–water partition coefficient (Wildman–Crippen LogP) is 3.88. The largest absolute Gasteiger partial charge is 0.457 e. The fourth-order valence-electron chi connectivity index (χ4n) is 4.61. The van der Waals surface area contributed by atoms with Crippen LogP contribution in [-0.2, 0) is 4.79 Å². The van der Waals surface area contributed by atoms with Gasteiger partial charge in [0.05, 0.1) is 5.92 Å². The third-order valence-electron chi connectivity index (χ3n) is 6.51. The molecule has 1 aliphatic carbocycles. The summed E-state index contributed by atoms with van der Waals surface area (Å²) in [6, 6.07) is 13.8. The fraction of sp³-hybridized carbons (Fsp3) is 0.423. The van der Waals surface area contributed by atoms with Crippen molar-refractivity contribution in [2.24, 2.45) is 11.7 Å². The quantitative estimate of drug-likeness (QED) is 0.699. The number of likely N-dealkylation sites (tertiary alicyclic amines) is 1. The Morgan fingerprint density at radius 1 is 0.818 bits per heavy atom. The van der Waals surface area contributed by atoms with E-state index in [-0.39, 0.29) is 23.8 Å². The van der Waals surface area contributed by atoms with Crippen molar-refractivity contribution in [2.75, 3.05) is 13.1 Å². The molecule has 1 aliphatic heterocycles. The number of nitrogens with two attached hydrogens (primary N) is 1. The lowest BCUT2D eigenvalue weighted by Gasteiger charge is -2.33. The lowest BCUT2D eigenvalue weighted by molar-refractivity contribution is -0.127. The number of ether oxygens (including phenoxy) is 1. The Kier molecular flexibility index (Phi) is 7.27. The van der Waals surface area contributed by atoms with E-state index in [4.69, 9.17) is 10.5 Å². The zero-order valence-corrected chi connectivity index (χ0v) is 18.8. The molecule has 0 bridgehead atoms. The van der Waals surface area contributed by atoms with Crippen LogP contribution in [0.25, 0.3) is 0 Å². The number of rotatable bonds is 6. The van der Waals surface area contributed by atoms with Crippen LogP contribution in [0, 0.1) is 5.92 Å². The minimum Gasteiger partial charge on any atom is -0.457 e. The summed E-state index contributed by atoms with van der Waals surface area (Å²) >= 11 is 0. The SMILES string of the molecule is NC(=O)c1ccc(Oc2ccc(C(=O)N3CCCC(C(=O)NC4CCCCC4)C3)cc2)cc1. The van der Waals surface area contributed by atoms with E-state index in [0.29, 0.717) is 35.7 Å². The van der Waals surface area contributed by atoms with Crippen LogP contribution in [-0.4, -0.2) is 41.8 Å². The Bertz CT molecular complexity index is 982. The average molecular weight is 450 g/mol. The molecule has 7 heteroatoms. The first-order chi connectivity index (χ1) is 16.0. The molecule has 2 aliphatic rings. The Labute approximate surface area is 194 Å². The molecule has 174 valence electrons. The van der Waals surface area contributed by atoms with Crippen LogP contribution < -0.4 is 15.8 Å². The molecule has 0 spiro atoms. The van der Waals surface area contributed by atoms with Crippen LogP contribution in [0.1, 0.15) is 65.7 Å². The molecule has 0 aromatic heterocycles. The number of carbonyl (C=O) groups is 3. The summed E-state index contributed by atoms with van der Waals surface area (Å²) in [6.45, 7) is 1.12. The van der Waals surface area contributed by atoms with Gasteiger partial charge in [-0.15, -0.1) is 0 Å². The average Bonchev–Trinajstić information content (AvgIpc) is 2.85. The highest BCUT2D eigenvalue weighted by Crippen LogP contribution is 2.25. The molecule has 1 heterocycles. The minimum absolute atomic E-state index is 0.0671. The first kappa shape index (κ1) is 22.8. The number of nitrogens with zero attached hydrogens (tertiary/aromatic N) is 1. The highest BCUT2D eigenvalue weighted by Gasteiger charge is 2.30. The molecule has 33 heavy (non-hydrogen) atoms. The number of hydrogen-bond donors (Lipinski definition) is 2.